The Bertz CT molecular complexity index is 594. The topological polar surface area (TPSA) is 74.5 Å². The first-order valence-corrected chi connectivity index (χ1v) is 5.36. The van der Waals surface area contributed by atoms with E-state index < -0.39 is 29.1 Å². The first kappa shape index (κ1) is 15.8. The number of carbonyl (C=O) groups excluding carboxylic acids is 1. The van der Waals surface area contributed by atoms with Gasteiger partial charge in [0.25, 0.3) is 0 Å². The highest BCUT2D eigenvalue weighted by molar-refractivity contribution is 6.43. The average molecular weight is 306 g/mol. The van der Waals surface area contributed by atoms with Gasteiger partial charge in [0.1, 0.15) is 6.07 Å². The van der Waals surface area contributed by atoms with Crippen LogP contribution < -0.4 is 5.43 Å². The number of esters is 1. The molecule has 20 heavy (non-hydrogen) atoms. The Labute approximate surface area is 116 Å². The summed E-state index contributed by atoms with van der Waals surface area (Å²) in [7, 11) is 1.01. The maximum atomic E-state index is 12.8. The molecule has 0 bridgehead atoms. The zero-order chi connectivity index (χ0) is 15.3. The molecule has 0 aromatic heterocycles. The third-order valence-electron chi connectivity index (χ3n) is 2.06. The smallest absolute Gasteiger partial charge is 0.418 e. The normalized spacial score (nSPS) is 11.7. The molecular weight excluding hydrogens is 299 g/mol. The molecule has 1 aromatic rings. The van der Waals surface area contributed by atoms with Crippen molar-refractivity contribution in [2.24, 2.45) is 5.10 Å². The van der Waals surface area contributed by atoms with Gasteiger partial charge in [-0.1, -0.05) is 11.6 Å². The van der Waals surface area contributed by atoms with Crippen LogP contribution in [0.5, 0.6) is 0 Å². The lowest BCUT2D eigenvalue weighted by atomic mass is 10.2. The van der Waals surface area contributed by atoms with Crippen LogP contribution in [0.25, 0.3) is 0 Å². The number of hydrogen-bond acceptors (Lipinski definition) is 5. The first-order chi connectivity index (χ1) is 9.29. The quantitative estimate of drug-likeness (QED) is 0.529. The summed E-state index contributed by atoms with van der Waals surface area (Å²) in [4.78, 5) is 11.0. The first-order valence-electron chi connectivity index (χ1n) is 4.98. The van der Waals surface area contributed by atoms with Gasteiger partial charge in [-0.2, -0.15) is 23.5 Å². The number of ether oxygens (including phenoxy) is 1. The number of rotatable bonds is 3. The summed E-state index contributed by atoms with van der Waals surface area (Å²) in [5.74, 6) is -1.07. The molecule has 5 nitrogen and oxygen atoms in total. The molecule has 0 spiro atoms. The lowest BCUT2D eigenvalue weighted by Gasteiger charge is -2.12. The monoisotopic (exact) mass is 305 g/mol. The van der Waals surface area contributed by atoms with Crippen molar-refractivity contribution < 1.29 is 22.7 Å². The molecule has 0 aliphatic heterocycles. The SMILES string of the molecule is COC(=O)/C(C#N)=N/Nc1ccc(Cl)cc1C(F)(F)F. The van der Waals surface area contributed by atoms with Gasteiger partial charge in [0.05, 0.1) is 18.4 Å². The van der Waals surface area contributed by atoms with Crippen molar-refractivity contribution >= 4 is 29.0 Å². The highest BCUT2D eigenvalue weighted by Crippen LogP contribution is 2.36. The molecule has 9 heteroatoms. The number of hydrogen-bond donors (Lipinski definition) is 1. The number of hydrazone groups is 1. The van der Waals surface area contributed by atoms with E-state index in [-0.39, 0.29) is 5.02 Å². The van der Waals surface area contributed by atoms with Crippen LogP contribution in [0, 0.1) is 11.3 Å². The van der Waals surface area contributed by atoms with E-state index in [1.165, 1.54) is 12.1 Å². The zero-order valence-corrected chi connectivity index (χ0v) is 10.7. The maximum absolute atomic E-state index is 12.8. The van der Waals surface area contributed by atoms with Gasteiger partial charge in [0, 0.05) is 5.02 Å². The number of anilines is 1. The average Bonchev–Trinajstić information content (AvgIpc) is 2.39. The van der Waals surface area contributed by atoms with Crippen molar-refractivity contribution in [2.75, 3.05) is 12.5 Å². The van der Waals surface area contributed by atoms with Gasteiger partial charge >= 0.3 is 12.1 Å². The van der Waals surface area contributed by atoms with Gasteiger partial charge in [-0.05, 0) is 18.2 Å². The van der Waals surface area contributed by atoms with E-state index in [2.05, 4.69) is 9.84 Å². The van der Waals surface area contributed by atoms with Gasteiger partial charge in [0.15, 0.2) is 0 Å². The second-order valence-electron chi connectivity index (χ2n) is 3.36. The summed E-state index contributed by atoms with van der Waals surface area (Å²) in [5.41, 5.74) is -0.232. The Morgan fingerprint density at radius 3 is 2.65 bits per heavy atom. The summed E-state index contributed by atoms with van der Waals surface area (Å²) < 4.78 is 42.5. The Kier molecular flexibility index (Phi) is 4.94. The van der Waals surface area contributed by atoms with Crippen molar-refractivity contribution in [1.29, 1.82) is 5.26 Å². The second kappa shape index (κ2) is 6.25. The van der Waals surface area contributed by atoms with E-state index in [1.54, 1.807) is 0 Å². The van der Waals surface area contributed by atoms with Gasteiger partial charge in [-0.3, -0.25) is 5.43 Å². The Morgan fingerprint density at radius 1 is 1.50 bits per heavy atom. The number of nitrogens with one attached hydrogen (secondary N) is 1. The van der Waals surface area contributed by atoms with Crippen LogP contribution >= 0.6 is 11.6 Å². The lowest BCUT2D eigenvalue weighted by Crippen LogP contribution is -2.16. The largest absolute Gasteiger partial charge is 0.464 e. The predicted molar refractivity (Wildman–Crippen MR) is 65.1 cm³/mol. The van der Waals surface area contributed by atoms with Crippen molar-refractivity contribution in [1.82, 2.24) is 0 Å². The van der Waals surface area contributed by atoms with Crippen LogP contribution in [0.15, 0.2) is 23.3 Å². The Morgan fingerprint density at radius 2 is 2.15 bits per heavy atom. The number of alkyl halides is 3. The summed E-state index contributed by atoms with van der Waals surface area (Å²) in [5, 5.41) is 11.8. The van der Waals surface area contributed by atoms with Crippen LogP contribution in [0.1, 0.15) is 5.56 Å². The van der Waals surface area contributed by atoms with Crippen molar-refractivity contribution in [3.63, 3.8) is 0 Å². The van der Waals surface area contributed by atoms with E-state index in [4.69, 9.17) is 16.9 Å². The van der Waals surface area contributed by atoms with E-state index in [1.807, 2.05) is 5.43 Å². The fraction of sp³-hybridized carbons (Fsp3) is 0.182. The maximum Gasteiger partial charge on any atom is 0.418 e. The molecule has 0 fully saturated rings. The molecule has 0 atom stereocenters. The number of nitrogens with zero attached hydrogens (tertiary/aromatic N) is 2. The van der Waals surface area contributed by atoms with Gasteiger partial charge in [0.2, 0.25) is 5.71 Å². The van der Waals surface area contributed by atoms with Gasteiger partial charge < -0.3 is 4.74 Å². The van der Waals surface area contributed by atoms with Crippen LogP contribution in [-0.2, 0) is 15.7 Å². The second-order valence-corrected chi connectivity index (χ2v) is 3.80. The molecular formula is C11H7ClF3N3O2. The number of halogens is 4. The Balaban J connectivity index is 3.14. The third-order valence-corrected chi connectivity index (χ3v) is 2.29. The minimum atomic E-state index is -4.67. The Hall–Kier alpha value is -2.27. The third kappa shape index (κ3) is 3.86. The molecule has 0 saturated carbocycles. The molecule has 0 saturated heterocycles. The molecule has 1 N–H and O–H groups in total. The highest BCUT2D eigenvalue weighted by Gasteiger charge is 2.33. The molecule has 0 unspecified atom stereocenters. The van der Waals surface area contributed by atoms with Crippen molar-refractivity contribution in [2.45, 2.75) is 6.18 Å². The summed E-state index contributed by atoms with van der Waals surface area (Å²) in [6.07, 6.45) is -4.67. The minimum absolute atomic E-state index is 0.111. The van der Waals surface area contributed by atoms with E-state index in [0.717, 1.165) is 13.2 Å². The van der Waals surface area contributed by atoms with Gasteiger partial charge in [-0.25, -0.2) is 4.79 Å². The van der Waals surface area contributed by atoms with Gasteiger partial charge in [-0.15, -0.1) is 0 Å². The van der Waals surface area contributed by atoms with Crippen LogP contribution in [0.2, 0.25) is 5.02 Å². The van der Waals surface area contributed by atoms with Crippen LogP contribution in [-0.4, -0.2) is 18.8 Å². The van der Waals surface area contributed by atoms with Crippen LogP contribution in [0.4, 0.5) is 18.9 Å². The van der Waals surface area contributed by atoms with E-state index in [9.17, 15) is 18.0 Å². The van der Waals surface area contributed by atoms with E-state index in [0.29, 0.717) is 6.07 Å². The highest BCUT2D eigenvalue weighted by atomic mass is 35.5. The molecule has 0 aliphatic carbocycles. The lowest BCUT2D eigenvalue weighted by molar-refractivity contribution is -0.137. The fourth-order valence-corrected chi connectivity index (χ4v) is 1.35. The molecule has 0 heterocycles. The molecule has 0 aliphatic rings. The minimum Gasteiger partial charge on any atom is -0.464 e. The standard InChI is InChI=1S/C11H7ClF3N3O2/c1-20-10(19)9(5-16)18-17-8-3-2-6(12)4-7(8)11(13,14)15/h2-4,17H,1H3/b18-9+. The molecule has 1 rings (SSSR count). The fourth-order valence-electron chi connectivity index (χ4n) is 1.18. The number of methoxy groups -OCH3 is 1. The number of nitriles is 1. The zero-order valence-electron chi connectivity index (χ0n) is 9.95. The van der Waals surface area contributed by atoms with Crippen molar-refractivity contribution in [3.8, 4) is 6.07 Å². The van der Waals surface area contributed by atoms with E-state index >= 15 is 0 Å². The summed E-state index contributed by atoms with van der Waals surface area (Å²) in [6.45, 7) is 0. The summed E-state index contributed by atoms with van der Waals surface area (Å²) in [6, 6.07) is 4.33. The van der Waals surface area contributed by atoms with Crippen LogP contribution in [0.3, 0.4) is 0 Å². The molecule has 0 amide bonds. The van der Waals surface area contributed by atoms with Crippen molar-refractivity contribution in [3.05, 3.63) is 28.8 Å². The predicted octanol–water partition coefficient (Wildman–Crippen LogP) is 2.82. The summed E-state index contributed by atoms with van der Waals surface area (Å²) >= 11 is 5.50. The molecule has 1 aromatic carbocycles. The molecule has 0 radical (unpaired) electrons. The number of benzene rings is 1. The number of carbonyl (C=O) groups is 1. The molecule has 106 valence electrons.